The lowest BCUT2D eigenvalue weighted by Gasteiger charge is -2.32. The average Bonchev–Trinajstić information content (AvgIpc) is 2.57. The number of rotatable bonds is 3. The minimum Gasteiger partial charge on any atom is -0.399 e. The van der Waals surface area contributed by atoms with E-state index in [1.807, 2.05) is 27.7 Å². The maximum Gasteiger partial charge on any atom is 0.494 e. The maximum atomic E-state index is 13.8. The normalized spacial score (nSPS) is 20.1. The Morgan fingerprint density at radius 3 is 2.10 bits per heavy atom. The fourth-order valence-electron chi connectivity index (χ4n) is 1.97. The molecule has 0 amide bonds. The molecule has 0 N–H and O–H groups in total. The van der Waals surface area contributed by atoms with Gasteiger partial charge < -0.3 is 9.31 Å². The SMILES string of the molecule is CC1(C)OB(c2ccc(C(=O)C(F)F)c(F)c2)OC1(C)C. The fraction of sp³-hybridized carbons (Fsp3) is 0.500. The lowest BCUT2D eigenvalue weighted by atomic mass is 9.78. The topological polar surface area (TPSA) is 35.5 Å². The predicted molar refractivity (Wildman–Crippen MR) is 72.5 cm³/mol. The van der Waals surface area contributed by atoms with Crippen molar-refractivity contribution in [2.24, 2.45) is 0 Å². The van der Waals surface area contributed by atoms with Crippen LogP contribution in [0.2, 0.25) is 0 Å². The minimum atomic E-state index is -3.23. The van der Waals surface area contributed by atoms with Crippen LogP contribution in [-0.2, 0) is 9.31 Å². The summed E-state index contributed by atoms with van der Waals surface area (Å²) in [6, 6.07) is 3.39. The van der Waals surface area contributed by atoms with Crippen LogP contribution in [0.5, 0.6) is 0 Å². The second-order valence-electron chi connectivity index (χ2n) is 5.99. The van der Waals surface area contributed by atoms with Crippen LogP contribution in [0.15, 0.2) is 18.2 Å². The molecule has 2 rings (SSSR count). The van der Waals surface area contributed by atoms with E-state index in [0.29, 0.717) is 5.46 Å². The summed E-state index contributed by atoms with van der Waals surface area (Å²) in [5, 5.41) is 0. The van der Waals surface area contributed by atoms with Gasteiger partial charge in [-0.3, -0.25) is 4.79 Å². The predicted octanol–water partition coefficient (Wildman–Crippen LogP) is 2.57. The van der Waals surface area contributed by atoms with Crippen LogP contribution in [-0.4, -0.2) is 30.5 Å². The Labute approximate surface area is 121 Å². The van der Waals surface area contributed by atoms with E-state index in [4.69, 9.17) is 9.31 Å². The molecule has 1 fully saturated rings. The number of Topliss-reactive ketones (excluding diaryl/α,β-unsaturated/α-hetero) is 1. The molecule has 3 nitrogen and oxygen atoms in total. The molecule has 114 valence electrons. The number of halogens is 3. The largest absolute Gasteiger partial charge is 0.494 e. The lowest BCUT2D eigenvalue weighted by Crippen LogP contribution is -2.41. The van der Waals surface area contributed by atoms with Gasteiger partial charge in [0.15, 0.2) is 0 Å². The van der Waals surface area contributed by atoms with Crippen molar-refractivity contribution in [1.29, 1.82) is 0 Å². The van der Waals surface area contributed by atoms with Gasteiger partial charge >= 0.3 is 13.5 Å². The molecule has 1 saturated heterocycles. The second-order valence-corrected chi connectivity index (χ2v) is 5.99. The highest BCUT2D eigenvalue weighted by Gasteiger charge is 2.51. The molecular formula is C14H16BF3O3. The zero-order chi connectivity index (χ0) is 16.0. The number of alkyl halides is 2. The molecule has 1 aromatic carbocycles. The summed E-state index contributed by atoms with van der Waals surface area (Å²) < 4.78 is 50.0. The summed E-state index contributed by atoms with van der Waals surface area (Å²) >= 11 is 0. The number of carbonyl (C=O) groups is 1. The number of hydrogen-bond donors (Lipinski definition) is 0. The first-order valence-electron chi connectivity index (χ1n) is 6.52. The lowest BCUT2D eigenvalue weighted by molar-refractivity contribution is 0.00578. The molecule has 1 aromatic rings. The summed E-state index contributed by atoms with van der Waals surface area (Å²) in [5.41, 5.74) is -1.47. The number of hydrogen-bond acceptors (Lipinski definition) is 3. The van der Waals surface area contributed by atoms with E-state index in [2.05, 4.69) is 0 Å². The van der Waals surface area contributed by atoms with Gasteiger partial charge in [0.1, 0.15) is 5.82 Å². The first kappa shape index (κ1) is 16.0. The minimum absolute atomic E-state index is 0.344. The molecule has 21 heavy (non-hydrogen) atoms. The first-order valence-corrected chi connectivity index (χ1v) is 6.52. The van der Waals surface area contributed by atoms with Crippen LogP contribution in [0.3, 0.4) is 0 Å². The van der Waals surface area contributed by atoms with Gasteiger partial charge in [-0.15, -0.1) is 0 Å². The Balaban J connectivity index is 2.28. The van der Waals surface area contributed by atoms with Gasteiger partial charge in [-0.25, -0.2) is 13.2 Å². The van der Waals surface area contributed by atoms with E-state index >= 15 is 0 Å². The van der Waals surface area contributed by atoms with Gasteiger partial charge in [0.05, 0.1) is 16.8 Å². The van der Waals surface area contributed by atoms with Gasteiger partial charge in [0.25, 0.3) is 0 Å². The van der Waals surface area contributed by atoms with Crippen molar-refractivity contribution in [3.8, 4) is 0 Å². The summed E-state index contributed by atoms with van der Waals surface area (Å²) in [5.74, 6) is -2.54. The highest BCUT2D eigenvalue weighted by atomic mass is 19.3. The molecule has 1 aliphatic heterocycles. The zero-order valence-corrected chi connectivity index (χ0v) is 12.2. The van der Waals surface area contributed by atoms with Crippen LogP contribution >= 0.6 is 0 Å². The second kappa shape index (κ2) is 5.14. The van der Waals surface area contributed by atoms with Crippen molar-refractivity contribution in [1.82, 2.24) is 0 Å². The van der Waals surface area contributed by atoms with Crippen LogP contribution in [0, 0.1) is 5.82 Å². The van der Waals surface area contributed by atoms with Crippen molar-refractivity contribution in [2.75, 3.05) is 0 Å². The molecule has 1 aliphatic rings. The average molecular weight is 300 g/mol. The van der Waals surface area contributed by atoms with E-state index in [9.17, 15) is 18.0 Å². The van der Waals surface area contributed by atoms with Crippen molar-refractivity contribution < 1.29 is 27.3 Å². The van der Waals surface area contributed by atoms with E-state index in [1.54, 1.807) is 0 Å². The molecule has 0 unspecified atom stereocenters. The molecule has 0 spiro atoms. The Hall–Kier alpha value is -1.34. The Morgan fingerprint density at radius 1 is 1.14 bits per heavy atom. The standard InChI is InChI=1S/C14H16BF3O3/c1-13(2)14(3,4)21-15(20-13)8-5-6-9(10(16)7-8)11(19)12(17)18/h5-7,12H,1-4H3. The van der Waals surface area contributed by atoms with Crippen LogP contribution in [0.1, 0.15) is 38.1 Å². The highest BCUT2D eigenvalue weighted by molar-refractivity contribution is 6.62. The van der Waals surface area contributed by atoms with Crippen LogP contribution in [0.25, 0.3) is 0 Å². The van der Waals surface area contributed by atoms with Gasteiger partial charge in [0.2, 0.25) is 5.78 Å². The Bertz CT molecular complexity index is 557. The van der Waals surface area contributed by atoms with Gasteiger partial charge in [0, 0.05) is 0 Å². The van der Waals surface area contributed by atoms with Crippen molar-refractivity contribution in [2.45, 2.75) is 45.3 Å². The molecule has 0 radical (unpaired) electrons. The number of ketones is 1. The van der Waals surface area contributed by atoms with E-state index in [1.165, 1.54) is 6.07 Å². The Morgan fingerprint density at radius 2 is 1.67 bits per heavy atom. The molecule has 0 bridgehead atoms. The van der Waals surface area contributed by atoms with Gasteiger partial charge in [-0.05, 0) is 45.3 Å². The van der Waals surface area contributed by atoms with E-state index < -0.39 is 41.9 Å². The molecule has 1 heterocycles. The van der Waals surface area contributed by atoms with Crippen LogP contribution < -0.4 is 5.46 Å². The zero-order valence-electron chi connectivity index (χ0n) is 12.2. The van der Waals surface area contributed by atoms with E-state index in [0.717, 1.165) is 12.1 Å². The molecule has 7 heteroatoms. The summed E-state index contributed by atoms with van der Waals surface area (Å²) in [6.07, 6.45) is -3.23. The number of carbonyl (C=O) groups excluding carboxylic acids is 1. The van der Waals surface area contributed by atoms with Crippen molar-refractivity contribution in [3.05, 3.63) is 29.6 Å². The monoisotopic (exact) mass is 300 g/mol. The van der Waals surface area contributed by atoms with Crippen molar-refractivity contribution >= 4 is 18.4 Å². The molecule has 0 aromatic heterocycles. The fourth-order valence-corrected chi connectivity index (χ4v) is 1.97. The third-order valence-electron chi connectivity index (χ3n) is 3.98. The van der Waals surface area contributed by atoms with Gasteiger partial charge in [-0.1, -0.05) is 6.07 Å². The summed E-state index contributed by atoms with van der Waals surface area (Å²) in [4.78, 5) is 11.2. The molecular weight excluding hydrogens is 284 g/mol. The smallest absolute Gasteiger partial charge is 0.399 e. The van der Waals surface area contributed by atoms with Crippen LogP contribution in [0.4, 0.5) is 13.2 Å². The first-order chi connectivity index (χ1) is 9.55. The quantitative estimate of drug-likeness (QED) is 0.636. The number of benzene rings is 1. The third-order valence-corrected chi connectivity index (χ3v) is 3.98. The molecule has 0 atom stereocenters. The van der Waals surface area contributed by atoms with Crippen molar-refractivity contribution in [3.63, 3.8) is 0 Å². The molecule has 0 aliphatic carbocycles. The third kappa shape index (κ3) is 2.85. The summed E-state index contributed by atoms with van der Waals surface area (Å²) in [7, 11) is -0.805. The maximum absolute atomic E-state index is 13.8. The Kier molecular flexibility index (Phi) is 3.93. The van der Waals surface area contributed by atoms with E-state index in [-0.39, 0.29) is 0 Å². The highest BCUT2D eigenvalue weighted by Crippen LogP contribution is 2.36. The van der Waals surface area contributed by atoms with Gasteiger partial charge in [-0.2, -0.15) is 0 Å². The summed E-state index contributed by atoms with van der Waals surface area (Å²) in [6.45, 7) is 7.38. The molecule has 0 saturated carbocycles.